The minimum absolute atomic E-state index is 0.145. The maximum atomic E-state index is 12.7. The molecule has 2 aromatic carbocycles. The van der Waals surface area contributed by atoms with Crippen LogP contribution in [0, 0.1) is 0 Å². The van der Waals surface area contributed by atoms with Gasteiger partial charge in [-0.2, -0.15) is 0 Å². The van der Waals surface area contributed by atoms with Gasteiger partial charge in [0.15, 0.2) is 11.0 Å². The fourth-order valence-corrected chi connectivity index (χ4v) is 4.38. The van der Waals surface area contributed by atoms with Crippen LogP contribution in [0.25, 0.3) is 0 Å². The zero-order valence-corrected chi connectivity index (χ0v) is 21.1. The third-order valence-electron chi connectivity index (χ3n) is 5.40. The van der Waals surface area contributed by atoms with E-state index in [9.17, 15) is 14.7 Å². The van der Waals surface area contributed by atoms with Crippen molar-refractivity contribution in [3.05, 3.63) is 65.5 Å². The van der Waals surface area contributed by atoms with Gasteiger partial charge in [-0.1, -0.05) is 43.8 Å². The highest BCUT2D eigenvalue weighted by Crippen LogP contribution is 2.25. The lowest BCUT2D eigenvalue weighted by Gasteiger charge is -2.17. The Hall–Kier alpha value is -3.37. The van der Waals surface area contributed by atoms with E-state index in [1.807, 2.05) is 31.2 Å². The summed E-state index contributed by atoms with van der Waals surface area (Å²) < 4.78 is 6.91. The molecule has 1 atom stereocenters. The number of benzene rings is 2. The summed E-state index contributed by atoms with van der Waals surface area (Å²) in [5, 5.41) is 24.7. The molecule has 0 fully saturated rings. The number of thioether (sulfide) groups is 1. The molecule has 1 heterocycles. The molecule has 186 valence electrons. The summed E-state index contributed by atoms with van der Waals surface area (Å²) in [5.41, 5.74) is 2.30. The Morgan fingerprint density at radius 3 is 2.46 bits per heavy atom. The van der Waals surface area contributed by atoms with E-state index in [0.29, 0.717) is 28.8 Å². The standard InChI is InChI=1S/C25H31N5O4S/c1-5-30-23(21(14-31)27-24(33)17-10-12-18(34-4)13-11-17)28-29-25(30)35-15-22(32)26-20-9-7-6-8-19(20)16(2)3/h6-13,16,21,31H,5,14-15H2,1-4H3,(H,26,32)(H,27,33). The smallest absolute Gasteiger partial charge is 0.251 e. The molecule has 3 rings (SSSR count). The highest BCUT2D eigenvalue weighted by atomic mass is 32.2. The number of rotatable bonds is 11. The minimum Gasteiger partial charge on any atom is -0.497 e. The second-order valence-corrected chi connectivity index (χ2v) is 9.04. The Bertz CT molecular complexity index is 1150. The molecule has 0 saturated carbocycles. The summed E-state index contributed by atoms with van der Waals surface area (Å²) >= 11 is 1.25. The van der Waals surface area contributed by atoms with Crippen molar-refractivity contribution < 1.29 is 19.4 Å². The van der Waals surface area contributed by atoms with Crippen molar-refractivity contribution in [2.24, 2.45) is 0 Å². The van der Waals surface area contributed by atoms with Gasteiger partial charge in [0.1, 0.15) is 11.8 Å². The first-order valence-corrected chi connectivity index (χ1v) is 12.4. The number of hydrogen-bond acceptors (Lipinski definition) is 7. The largest absolute Gasteiger partial charge is 0.497 e. The van der Waals surface area contributed by atoms with Crippen molar-refractivity contribution >= 4 is 29.3 Å². The normalized spacial score (nSPS) is 11.8. The van der Waals surface area contributed by atoms with Crippen molar-refractivity contribution in [1.29, 1.82) is 0 Å². The Morgan fingerprint density at radius 1 is 1.11 bits per heavy atom. The van der Waals surface area contributed by atoms with Gasteiger partial charge in [0.2, 0.25) is 5.91 Å². The molecule has 0 spiro atoms. The number of aromatic nitrogens is 3. The van der Waals surface area contributed by atoms with Crippen LogP contribution in [0.5, 0.6) is 5.75 Å². The van der Waals surface area contributed by atoms with Crippen LogP contribution in [0.15, 0.2) is 53.7 Å². The van der Waals surface area contributed by atoms with Crippen LogP contribution in [0.4, 0.5) is 5.69 Å². The average molecular weight is 498 g/mol. The van der Waals surface area contributed by atoms with Gasteiger partial charge < -0.3 is 25.0 Å². The molecular formula is C25H31N5O4S. The molecule has 3 aromatic rings. The van der Waals surface area contributed by atoms with Crippen LogP contribution < -0.4 is 15.4 Å². The third kappa shape index (κ3) is 6.61. The van der Waals surface area contributed by atoms with Crippen LogP contribution in [0.3, 0.4) is 0 Å². The highest BCUT2D eigenvalue weighted by Gasteiger charge is 2.23. The van der Waals surface area contributed by atoms with E-state index in [2.05, 4.69) is 34.7 Å². The van der Waals surface area contributed by atoms with E-state index >= 15 is 0 Å². The van der Waals surface area contributed by atoms with E-state index in [4.69, 9.17) is 4.74 Å². The maximum Gasteiger partial charge on any atom is 0.251 e. The number of nitrogens with zero attached hydrogens (tertiary/aromatic N) is 3. The van der Waals surface area contributed by atoms with Gasteiger partial charge in [0.25, 0.3) is 5.91 Å². The lowest BCUT2D eigenvalue weighted by atomic mass is 10.0. The van der Waals surface area contributed by atoms with Gasteiger partial charge in [-0.05, 0) is 48.7 Å². The molecule has 1 unspecified atom stereocenters. The number of amides is 2. The zero-order valence-electron chi connectivity index (χ0n) is 20.3. The number of para-hydroxylation sites is 1. The van der Waals surface area contributed by atoms with Gasteiger partial charge in [-0.25, -0.2) is 0 Å². The summed E-state index contributed by atoms with van der Waals surface area (Å²) in [5.74, 6) is 0.992. The fraction of sp³-hybridized carbons (Fsp3) is 0.360. The lowest BCUT2D eigenvalue weighted by molar-refractivity contribution is -0.113. The molecule has 2 amide bonds. The summed E-state index contributed by atoms with van der Waals surface area (Å²) in [4.78, 5) is 25.3. The predicted molar refractivity (Wildman–Crippen MR) is 136 cm³/mol. The Labute approximate surface area is 209 Å². The Kier molecular flexibility index (Phi) is 9.27. The van der Waals surface area contributed by atoms with Crippen LogP contribution in [-0.2, 0) is 11.3 Å². The van der Waals surface area contributed by atoms with Crippen molar-refractivity contribution in [1.82, 2.24) is 20.1 Å². The molecule has 0 radical (unpaired) electrons. The summed E-state index contributed by atoms with van der Waals surface area (Å²) in [6, 6.07) is 13.7. The molecular weight excluding hydrogens is 466 g/mol. The van der Waals surface area contributed by atoms with Gasteiger partial charge >= 0.3 is 0 Å². The van der Waals surface area contributed by atoms with Crippen molar-refractivity contribution in [2.75, 3.05) is 24.8 Å². The Balaban J connectivity index is 1.67. The molecule has 0 aliphatic carbocycles. The van der Waals surface area contributed by atoms with E-state index in [-0.39, 0.29) is 30.1 Å². The van der Waals surface area contributed by atoms with Crippen LogP contribution in [-0.4, -0.2) is 51.2 Å². The number of carbonyl (C=O) groups is 2. The van der Waals surface area contributed by atoms with Gasteiger partial charge in [0.05, 0.1) is 19.5 Å². The molecule has 3 N–H and O–H groups in total. The molecule has 35 heavy (non-hydrogen) atoms. The van der Waals surface area contributed by atoms with E-state index < -0.39 is 6.04 Å². The fourth-order valence-electron chi connectivity index (χ4n) is 3.57. The number of aliphatic hydroxyl groups is 1. The van der Waals surface area contributed by atoms with E-state index in [0.717, 1.165) is 11.3 Å². The number of methoxy groups -OCH3 is 1. The van der Waals surface area contributed by atoms with Crippen molar-refractivity contribution in [3.63, 3.8) is 0 Å². The first-order chi connectivity index (χ1) is 16.9. The predicted octanol–water partition coefficient (Wildman–Crippen LogP) is 3.62. The lowest BCUT2D eigenvalue weighted by Crippen LogP contribution is -2.32. The number of aliphatic hydroxyl groups excluding tert-OH is 1. The number of carbonyl (C=O) groups excluding carboxylic acids is 2. The number of ether oxygens (including phenoxy) is 1. The first kappa shape index (κ1) is 26.2. The summed E-state index contributed by atoms with van der Waals surface area (Å²) in [7, 11) is 1.55. The topological polar surface area (TPSA) is 118 Å². The molecule has 0 bridgehead atoms. The summed E-state index contributed by atoms with van der Waals surface area (Å²) in [6.45, 7) is 6.23. The van der Waals surface area contributed by atoms with Crippen LogP contribution >= 0.6 is 11.8 Å². The molecule has 9 nitrogen and oxygen atoms in total. The van der Waals surface area contributed by atoms with Crippen molar-refractivity contribution in [2.45, 2.75) is 44.4 Å². The minimum atomic E-state index is -0.752. The number of hydrogen-bond donors (Lipinski definition) is 3. The molecule has 0 aliphatic rings. The van der Waals surface area contributed by atoms with Gasteiger partial charge in [-0.15, -0.1) is 10.2 Å². The quantitative estimate of drug-likeness (QED) is 0.346. The van der Waals surface area contributed by atoms with Crippen molar-refractivity contribution in [3.8, 4) is 5.75 Å². The Morgan fingerprint density at radius 2 is 1.83 bits per heavy atom. The van der Waals surface area contributed by atoms with Crippen LogP contribution in [0.2, 0.25) is 0 Å². The second-order valence-electron chi connectivity index (χ2n) is 8.10. The molecule has 0 saturated heterocycles. The summed E-state index contributed by atoms with van der Waals surface area (Å²) in [6.07, 6.45) is 0. The van der Waals surface area contributed by atoms with Crippen LogP contribution in [0.1, 0.15) is 54.5 Å². The van der Waals surface area contributed by atoms with Gasteiger partial charge in [-0.3, -0.25) is 9.59 Å². The highest BCUT2D eigenvalue weighted by molar-refractivity contribution is 7.99. The molecule has 0 aliphatic heterocycles. The van der Waals surface area contributed by atoms with E-state index in [1.165, 1.54) is 11.8 Å². The van der Waals surface area contributed by atoms with E-state index in [1.54, 1.807) is 35.9 Å². The molecule has 1 aromatic heterocycles. The monoisotopic (exact) mass is 497 g/mol. The average Bonchev–Trinajstić information content (AvgIpc) is 3.28. The number of nitrogens with one attached hydrogen (secondary N) is 2. The molecule has 10 heteroatoms. The zero-order chi connectivity index (χ0) is 25.4. The number of anilines is 1. The third-order valence-corrected chi connectivity index (χ3v) is 6.37. The first-order valence-electron chi connectivity index (χ1n) is 11.4. The van der Waals surface area contributed by atoms with Gasteiger partial charge in [0, 0.05) is 17.8 Å². The second kappa shape index (κ2) is 12.4. The maximum absolute atomic E-state index is 12.7. The SMILES string of the molecule is CCn1c(SCC(=O)Nc2ccccc2C(C)C)nnc1C(CO)NC(=O)c1ccc(OC)cc1.